The van der Waals surface area contributed by atoms with Gasteiger partial charge in [-0.3, -0.25) is 4.79 Å². The molecule has 10 heavy (non-hydrogen) atoms. The number of halogens is 3. The van der Waals surface area contributed by atoms with Crippen LogP contribution in [0, 0.1) is 0 Å². The van der Waals surface area contributed by atoms with Gasteiger partial charge in [0.05, 0.1) is 0 Å². The van der Waals surface area contributed by atoms with E-state index in [1.807, 2.05) is 0 Å². The monoisotopic (exact) mass is 152 g/mol. The maximum Gasteiger partial charge on any atom is 0.408 e. The third-order valence-corrected chi connectivity index (χ3v) is 1.51. The highest BCUT2D eigenvalue weighted by atomic mass is 19.4. The van der Waals surface area contributed by atoms with Crippen LogP contribution in [0.15, 0.2) is 0 Å². The molecule has 1 aliphatic rings. The minimum atomic E-state index is -4.27. The van der Waals surface area contributed by atoms with Crippen LogP contribution in [0.5, 0.6) is 0 Å². The van der Waals surface area contributed by atoms with E-state index in [0.717, 1.165) is 0 Å². The molecular weight excluding hydrogens is 147 g/mol. The molecule has 1 amide bonds. The van der Waals surface area contributed by atoms with Crippen molar-refractivity contribution >= 4 is 6.41 Å². The van der Waals surface area contributed by atoms with Crippen molar-refractivity contribution in [2.45, 2.75) is 18.6 Å². The van der Waals surface area contributed by atoms with Gasteiger partial charge >= 0.3 is 12.6 Å². The summed E-state index contributed by atoms with van der Waals surface area (Å²) in [5, 5.41) is 0. The second-order valence-electron chi connectivity index (χ2n) is 2.13. The van der Waals surface area contributed by atoms with Crippen molar-refractivity contribution in [2.75, 3.05) is 6.54 Å². The number of hydrogen-bond acceptors (Lipinski definition) is 1. The molecule has 0 aromatic heterocycles. The second kappa shape index (κ2) is 2.14. The van der Waals surface area contributed by atoms with Crippen LogP contribution in [0.25, 0.3) is 0 Å². The fraction of sp³-hybridized carbons (Fsp3) is 0.800. The molecule has 0 aliphatic carbocycles. The quantitative estimate of drug-likeness (QED) is 0.541. The summed E-state index contributed by atoms with van der Waals surface area (Å²) < 4.78 is 35.2. The van der Waals surface area contributed by atoms with Crippen LogP contribution in [0.2, 0.25) is 0 Å². The van der Waals surface area contributed by atoms with Gasteiger partial charge in [-0.1, -0.05) is 0 Å². The van der Waals surface area contributed by atoms with Gasteiger partial charge in [-0.05, 0) is 6.42 Å². The standard InChI is InChI=1S/C5H5F3NO/c6-5(7,8)4-1-2-9(4)3-10/h4H,1-2H2. The molecule has 1 unspecified atom stereocenters. The van der Waals surface area contributed by atoms with E-state index in [1.165, 1.54) is 6.41 Å². The Hall–Kier alpha value is -0.740. The van der Waals surface area contributed by atoms with Gasteiger partial charge in [0.15, 0.2) is 0 Å². The summed E-state index contributed by atoms with van der Waals surface area (Å²) in [6.45, 7) is 0.174. The van der Waals surface area contributed by atoms with Gasteiger partial charge in [-0.25, -0.2) is 0 Å². The summed E-state index contributed by atoms with van der Waals surface area (Å²) in [7, 11) is 0. The fourth-order valence-electron chi connectivity index (χ4n) is 0.837. The molecule has 57 valence electrons. The molecule has 0 N–H and O–H groups in total. The Morgan fingerprint density at radius 1 is 1.50 bits per heavy atom. The molecule has 1 aliphatic heterocycles. The molecule has 5 heteroatoms. The maximum absolute atomic E-state index is 11.7. The summed E-state index contributed by atoms with van der Waals surface area (Å²) in [5.74, 6) is 0. The molecular formula is C5H5F3NO. The highest BCUT2D eigenvalue weighted by Crippen LogP contribution is 2.32. The lowest BCUT2D eigenvalue weighted by Crippen LogP contribution is -2.54. The van der Waals surface area contributed by atoms with Crippen LogP contribution in [-0.4, -0.2) is 30.1 Å². The maximum atomic E-state index is 11.7. The van der Waals surface area contributed by atoms with Crippen molar-refractivity contribution in [3.63, 3.8) is 0 Å². The predicted octanol–water partition coefficient (Wildman–Crippen LogP) is 0.690. The van der Waals surface area contributed by atoms with E-state index >= 15 is 0 Å². The summed E-state index contributed by atoms with van der Waals surface area (Å²) in [5.41, 5.74) is 0. The van der Waals surface area contributed by atoms with Gasteiger partial charge in [-0.2, -0.15) is 13.2 Å². The minimum absolute atomic E-state index is 0.0126. The Morgan fingerprint density at radius 2 is 2.10 bits per heavy atom. The Labute approximate surface area is 55.6 Å². The van der Waals surface area contributed by atoms with E-state index in [9.17, 15) is 18.0 Å². The lowest BCUT2D eigenvalue weighted by atomic mass is 10.0. The van der Waals surface area contributed by atoms with Crippen molar-refractivity contribution in [3.05, 3.63) is 0 Å². The zero-order valence-corrected chi connectivity index (χ0v) is 4.98. The lowest BCUT2D eigenvalue weighted by molar-refractivity contribution is -0.195. The molecule has 0 aromatic carbocycles. The van der Waals surface area contributed by atoms with Gasteiger partial charge in [0, 0.05) is 6.54 Å². The van der Waals surface area contributed by atoms with Crippen molar-refractivity contribution in [3.8, 4) is 0 Å². The number of rotatable bonds is 1. The number of hydrogen-bond donors (Lipinski definition) is 0. The second-order valence-corrected chi connectivity index (χ2v) is 2.13. The first kappa shape index (κ1) is 7.37. The molecule has 1 atom stereocenters. The Morgan fingerprint density at radius 3 is 2.20 bits per heavy atom. The fourth-order valence-corrected chi connectivity index (χ4v) is 0.837. The van der Waals surface area contributed by atoms with Gasteiger partial charge in [-0.15, -0.1) is 0 Å². The van der Waals surface area contributed by atoms with E-state index in [1.54, 1.807) is 0 Å². The average molecular weight is 152 g/mol. The zero-order chi connectivity index (χ0) is 7.78. The molecule has 0 bridgehead atoms. The Balaban J connectivity index is 2.50. The molecule has 2 nitrogen and oxygen atoms in total. The molecule has 1 fully saturated rings. The minimum Gasteiger partial charge on any atom is -0.322 e. The largest absolute Gasteiger partial charge is 0.408 e. The van der Waals surface area contributed by atoms with Gasteiger partial charge in [0.1, 0.15) is 6.04 Å². The molecule has 1 heterocycles. The SMILES string of the molecule is O=[C]N1CCC1C(F)(F)F. The Kier molecular flexibility index (Phi) is 1.58. The lowest BCUT2D eigenvalue weighted by Gasteiger charge is -2.37. The summed E-state index contributed by atoms with van der Waals surface area (Å²) >= 11 is 0. The van der Waals surface area contributed by atoms with Gasteiger partial charge in [0.2, 0.25) is 0 Å². The molecule has 0 aromatic rings. The van der Waals surface area contributed by atoms with Crippen molar-refractivity contribution < 1.29 is 18.0 Å². The average Bonchev–Trinajstić information content (AvgIpc) is 1.57. The van der Waals surface area contributed by atoms with Crippen molar-refractivity contribution in [2.24, 2.45) is 0 Å². The molecule has 0 saturated carbocycles. The zero-order valence-electron chi connectivity index (χ0n) is 4.98. The number of amides is 1. The smallest absolute Gasteiger partial charge is 0.322 e. The van der Waals surface area contributed by atoms with Crippen molar-refractivity contribution in [1.29, 1.82) is 0 Å². The summed E-state index contributed by atoms with van der Waals surface area (Å²) in [4.78, 5) is 10.4. The molecule has 1 rings (SSSR count). The van der Waals surface area contributed by atoms with Crippen molar-refractivity contribution in [1.82, 2.24) is 4.90 Å². The number of likely N-dealkylation sites (tertiary alicyclic amines) is 1. The third-order valence-electron chi connectivity index (χ3n) is 1.51. The summed E-state index contributed by atoms with van der Waals surface area (Å²) in [6, 6.07) is -1.58. The van der Waals surface area contributed by atoms with E-state index in [4.69, 9.17) is 0 Å². The number of alkyl halides is 3. The number of nitrogens with zero attached hydrogens (tertiary/aromatic N) is 1. The highest BCUT2D eigenvalue weighted by molar-refractivity contribution is 5.50. The molecule has 1 radical (unpaired) electrons. The van der Waals surface area contributed by atoms with Crippen LogP contribution in [0.3, 0.4) is 0 Å². The van der Waals surface area contributed by atoms with Crippen LogP contribution < -0.4 is 0 Å². The Bertz CT molecular complexity index is 144. The molecule has 1 saturated heterocycles. The topological polar surface area (TPSA) is 20.3 Å². The van der Waals surface area contributed by atoms with Crippen LogP contribution in [0.1, 0.15) is 6.42 Å². The third kappa shape index (κ3) is 1.08. The first-order valence-electron chi connectivity index (χ1n) is 2.77. The van der Waals surface area contributed by atoms with E-state index < -0.39 is 12.2 Å². The molecule has 0 spiro atoms. The normalized spacial score (nSPS) is 25.9. The van der Waals surface area contributed by atoms with Crippen LogP contribution >= 0.6 is 0 Å². The van der Waals surface area contributed by atoms with E-state index in [0.29, 0.717) is 4.90 Å². The van der Waals surface area contributed by atoms with E-state index in [2.05, 4.69) is 0 Å². The van der Waals surface area contributed by atoms with E-state index in [-0.39, 0.29) is 13.0 Å². The first-order chi connectivity index (χ1) is 4.55. The summed E-state index contributed by atoms with van der Waals surface area (Å²) in [6.07, 6.45) is -3.03. The predicted molar refractivity (Wildman–Crippen MR) is 26.9 cm³/mol. The first-order valence-corrected chi connectivity index (χ1v) is 2.77. The van der Waals surface area contributed by atoms with Gasteiger partial charge in [0.25, 0.3) is 0 Å². The van der Waals surface area contributed by atoms with Crippen LogP contribution in [-0.2, 0) is 4.79 Å². The highest BCUT2D eigenvalue weighted by Gasteiger charge is 2.48. The van der Waals surface area contributed by atoms with Gasteiger partial charge < -0.3 is 4.90 Å². The van der Waals surface area contributed by atoms with Crippen LogP contribution in [0.4, 0.5) is 13.2 Å². The number of carbonyl (C=O) groups excluding carboxylic acids is 1.